The van der Waals surface area contributed by atoms with Gasteiger partial charge in [0.15, 0.2) is 0 Å². The van der Waals surface area contributed by atoms with Gasteiger partial charge in [0, 0.05) is 22.6 Å². The van der Waals surface area contributed by atoms with Crippen molar-refractivity contribution in [3.63, 3.8) is 0 Å². The summed E-state index contributed by atoms with van der Waals surface area (Å²) < 4.78 is 5.39. The van der Waals surface area contributed by atoms with Crippen molar-refractivity contribution in [1.29, 1.82) is 0 Å². The predicted octanol–water partition coefficient (Wildman–Crippen LogP) is 4.70. The smallest absolute Gasteiger partial charge is 0.255 e. The molecule has 0 unspecified atom stereocenters. The van der Waals surface area contributed by atoms with Crippen LogP contribution in [0.5, 0.6) is 5.75 Å². The van der Waals surface area contributed by atoms with Crippen molar-refractivity contribution in [2.75, 3.05) is 29.1 Å². The molecule has 0 aromatic heterocycles. The number of ether oxygens (including phenoxy) is 1. The largest absolute Gasteiger partial charge is 0.494 e. The van der Waals surface area contributed by atoms with E-state index in [4.69, 9.17) is 4.74 Å². The molecule has 2 amide bonds. The van der Waals surface area contributed by atoms with Crippen LogP contribution in [0.2, 0.25) is 0 Å². The maximum Gasteiger partial charge on any atom is 0.255 e. The van der Waals surface area contributed by atoms with Gasteiger partial charge in [0.25, 0.3) is 5.91 Å². The minimum absolute atomic E-state index is 0.131. The SMILES string of the molecule is CCOc1ccc(NC(=O)c2ccc(NCC(=O)Nc3ccc(C)cc3)cc2)cc1. The van der Waals surface area contributed by atoms with Gasteiger partial charge in [0.05, 0.1) is 13.2 Å². The van der Waals surface area contributed by atoms with E-state index in [1.807, 2.05) is 50.2 Å². The van der Waals surface area contributed by atoms with Gasteiger partial charge in [-0.05, 0) is 74.5 Å². The van der Waals surface area contributed by atoms with E-state index in [1.54, 1.807) is 36.4 Å². The molecular weight excluding hydrogens is 378 g/mol. The Morgan fingerprint density at radius 3 is 1.97 bits per heavy atom. The fourth-order valence-corrected chi connectivity index (χ4v) is 2.77. The lowest BCUT2D eigenvalue weighted by Crippen LogP contribution is -2.21. The van der Waals surface area contributed by atoms with Crippen molar-refractivity contribution in [1.82, 2.24) is 0 Å². The highest BCUT2D eigenvalue weighted by Gasteiger charge is 2.07. The number of rotatable bonds is 8. The second-order valence-corrected chi connectivity index (χ2v) is 6.76. The van der Waals surface area contributed by atoms with Gasteiger partial charge in [-0.25, -0.2) is 0 Å². The van der Waals surface area contributed by atoms with Crippen LogP contribution < -0.4 is 20.7 Å². The molecule has 3 aromatic carbocycles. The molecule has 0 saturated carbocycles. The van der Waals surface area contributed by atoms with Crippen LogP contribution in [0.3, 0.4) is 0 Å². The van der Waals surface area contributed by atoms with E-state index in [-0.39, 0.29) is 18.4 Å². The first-order chi connectivity index (χ1) is 14.5. The van der Waals surface area contributed by atoms with Crippen molar-refractivity contribution >= 4 is 28.9 Å². The van der Waals surface area contributed by atoms with Gasteiger partial charge in [-0.3, -0.25) is 9.59 Å². The number of benzene rings is 3. The summed E-state index contributed by atoms with van der Waals surface area (Å²) in [6.07, 6.45) is 0. The number of aryl methyl sites for hydroxylation is 1. The molecule has 0 fully saturated rings. The van der Waals surface area contributed by atoms with Crippen LogP contribution in [-0.4, -0.2) is 25.0 Å². The van der Waals surface area contributed by atoms with E-state index in [2.05, 4.69) is 16.0 Å². The zero-order chi connectivity index (χ0) is 21.3. The summed E-state index contributed by atoms with van der Waals surface area (Å²) in [5.41, 5.74) is 3.87. The highest BCUT2D eigenvalue weighted by Crippen LogP contribution is 2.17. The molecule has 0 radical (unpaired) electrons. The van der Waals surface area contributed by atoms with E-state index in [0.717, 1.165) is 22.7 Å². The van der Waals surface area contributed by atoms with E-state index in [0.29, 0.717) is 17.9 Å². The van der Waals surface area contributed by atoms with Crippen LogP contribution in [0, 0.1) is 6.92 Å². The molecule has 6 nitrogen and oxygen atoms in total. The standard InChI is InChI=1S/C24H25N3O3/c1-3-30-22-14-12-21(13-15-22)27-24(29)18-6-10-19(11-7-18)25-16-23(28)26-20-8-4-17(2)5-9-20/h4-15,25H,3,16H2,1-2H3,(H,26,28)(H,27,29). The molecule has 0 heterocycles. The first-order valence-electron chi connectivity index (χ1n) is 9.78. The third-order valence-electron chi connectivity index (χ3n) is 4.36. The number of nitrogens with one attached hydrogen (secondary N) is 3. The number of anilines is 3. The molecule has 0 aliphatic heterocycles. The normalized spacial score (nSPS) is 10.2. The summed E-state index contributed by atoms with van der Waals surface area (Å²) in [7, 11) is 0. The van der Waals surface area contributed by atoms with Crippen molar-refractivity contribution in [2.24, 2.45) is 0 Å². The summed E-state index contributed by atoms with van der Waals surface area (Å²) in [5, 5.41) is 8.74. The Labute approximate surface area is 176 Å². The predicted molar refractivity (Wildman–Crippen MR) is 120 cm³/mol. The van der Waals surface area contributed by atoms with Gasteiger partial charge in [-0.2, -0.15) is 0 Å². The highest BCUT2D eigenvalue weighted by molar-refractivity contribution is 6.04. The third kappa shape index (κ3) is 6.10. The number of carbonyl (C=O) groups excluding carboxylic acids is 2. The molecule has 0 bridgehead atoms. The molecule has 6 heteroatoms. The lowest BCUT2D eigenvalue weighted by molar-refractivity contribution is -0.114. The summed E-state index contributed by atoms with van der Waals surface area (Å²) >= 11 is 0. The molecule has 0 aliphatic rings. The molecule has 154 valence electrons. The topological polar surface area (TPSA) is 79.5 Å². The van der Waals surface area contributed by atoms with Crippen LogP contribution >= 0.6 is 0 Å². The Hall–Kier alpha value is -3.80. The number of carbonyl (C=O) groups is 2. The maximum absolute atomic E-state index is 12.4. The minimum atomic E-state index is -0.206. The zero-order valence-corrected chi connectivity index (χ0v) is 17.1. The number of hydrogen-bond acceptors (Lipinski definition) is 4. The average molecular weight is 403 g/mol. The summed E-state index contributed by atoms with van der Waals surface area (Å²) in [5.74, 6) is 0.413. The third-order valence-corrected chi connectivity index (χ3v) is 4.36. The quantitative estimate of drug-likeness (QED) is 0.509. The van der Waals surface area contributed by atoms with Crippen LogP contribution in [0.4, 0.5) is 17.1 Å². The number of hydrogen-bond donors (Lipinski definition) is 3. The fraction of sp³-hybridized carbons (Fsp3) is 0.167. The second kappa shape index (κ2) is 10.1. The van der Waals surface area contributed by atoms with Gasteiger partial charge in [-0.15, -0.1) is 0 Å². The van der Waals surface area contributed by atoms with Crippen molar-refractivity contribution < 1.29 is 14.3 Å². The van der Waals surface area contributed by atoms with Crippen molar-refractivity contribution in [2.45, 2.75) is 13.8 Å². The minimum Gasteiger partial charge on any atom is -0.494 e. The van der Waals surface area contributed by atoms with Gasteiger partial charge in [0.1, 0.15) is 5.75 Å². The van der Waals surface area contributed by atoms with Crippen LogP contribution in [0.15, 0.2) is 72.8 Å². The molecule has 3 N–H and O–H groups in total. The molecule has 3 rings (SSSR count). The highest BCUT2D eigenvalue weighted by atomic mass is 16.5. The van der Waals surface area contributed by atoms with E-state index < -0.39 is 0 Å². The van der Waals surface area contributed by atoms with E-state index in [1.165, 1.54) is 0 Å². The molecule has 0 atom stereocenters. The Kier molecular flexibility index (Phi) is 7.05. The lowest BCUT2D eigenvalue weighted by Gasteiger charge is -2.10. The van der Waals surface area contributed by atoms with Crippen LogP contribution in [-0.2, 0) is 4.79 Å². The fourth-order valence-electron chi connectivity index (χ4n) is 2.77. The Bertz CT molecular complexity index is 982. The summed E-state index contributed by atoms with van der Waals surface area (Å²) in [6.45, 7) is 4.64. The second-order valence-electron chi connectivity index (χ2n) is 6.76. The van der Waals surface area contributed by atoms with Gasteiger partial charge < -0.3 is 20.7 Å². The zero-order valence-electron chi connectivity index (χ0n) is 17.1. The van der Waals surface area contributed by atoms with Gasteiger partial charge >= 0.3 is 0 Å². The Morgan fingerprint density at radius 1 is 0.767 bits per heavy atom. The molecule has 30 heavy (non-hydrogen) atoms. The molecule has 3 aromatic rings. The Balaban J connectivity index is 1.49. The molecular formula is C24H25N3O3. The van der Waals surface area contributed by atoms with Gasteiger partial charge in [0.2, 0.25) is 5.91 Å². The monoisotopic (exact) mass is 403 g/mol. The molecule has 0 saturated heterocycles. The van der Waals surface area contributed by atoms with Gasteiger partial charge in [-0.1, -0.05) is 17.7 Å². The molecule has 0 spiro atoms. The lowest BCUT2D eigenvalue weighted by atomic mass is 10.2. The van der Waals surface area contributed by atoms with Crippen LogP contribution in [0.1, 0.15) is 22.8 Å². The van der Waals surface area contributed by atoms with Crippen LogP contribution in [0.25, 0.3) is 0 Å². The van der Waals surface area contributed by atoms with E-state index in [9.17, 15) is 9.59 Å². The average Bonchev–Trinajstić information content (AvgIpc) is 2.76. The van der Waals surface area contributed by atoms with Crippen molar-refractivity contribution in [3.8, 4) is 5.75 Å². The van der Waals surface area contributed by atoms with Crippen molar-refractivity contribution in [3.05, 3.63) is 83.9 Å². The first-order valence-corrected chi connectivity index (χ1v) is 9.78. The first kappa shape index (κ1) is 20.9. The Morgan fingerprint density at radius 2 is 1.33 bits per heavy atom. The summed E-state index contributed by atoms with van der Waals surface area (Å²) in [6, 6.07) is 21.8. The summed E-state index contributed by atoms with van der Waals surface area (Å²) in [4.78, 5) is 24.5. The number of amides is 2. The molecule has 0 aliphatic carbocycles. The maximum atomic E-state index is 12.4. The van der Waals surface area contributed by atoms with E-state index >= 15 is 0 Å².